The summed E-state index contributed by atoms with van der Waals surface area (Å²) >= 11 is 3.89. The van der Waals surface area contributed by atoms with Gasteiger partial charge in [0.25, 0.3) is 0 Å². The van der Waals surface area contributed by atoms with Gasteiger partial charge in [0.2, 0.25) is 6.29 Å². The topological polar surface area (TPSA) is 17.1 Å². The molecule has 0 amide bonds. The minimum atomic E-state index is -0.162. The maximum absolute atomic E-state index is 9.69. The van der Waals surface area contributed by atoms with Gasteiger partial charge in [-0.3, -0.25) is 4.79 Å². The molecule has 1 atom stereocenters. The molecule has 0 bridgehead atoms. The molecule has 0 aliphatic heterocycles. The van der Waals surface area contributed by atoms with Crippen LogP contribution in [-0.2, 0) is 4.79 Å². The summed E-state index contributed by atoms with van der Waals surface area (Å²) in [4.78, 5) is 9.69. The van der Waals surface area contributed by atoms with Crippen LogP contribution in [0, 0.1) is 0 Å². The van der Waals surface area contributed by atoms with E-state index in [-0.39, 0.29) is 5.25 Å². The van der Waals surface area contributed by atoms with Crippen LogP contribution < -0.4 is 0 Å². The molecule has 2 heteroatoms. The summed E-state index contributed by atoms with van der Waals surface area (Å²) in [7, 11) is 0. The third-order valence-corrected chi connectivity index (χ3v) is 1.06. The SMILES string of the molecule is CCC[C@H](S)[C]=O. The van der Waals surface area contributed by atoms with Crippen molar-refractivity contribution in [2.75, 3.05) is 0 Å². The first-order valence-electron chi connectivity index (χ1n) is 2.37. The van der Waals surface area contributed by atoms with Gasteiger partial charge in [-0.15, -0.1) is 0 Å². The molecule has 0 heterocycles. The lowest BCUT2D eigenvalue weighted by molar-refractivity contribution is 0.550. The molecular formula is C5H9OS. The van der Waals surface area contributed by atoms with Crippen molar-refractivity contribution in [3.05, 3.63) is 0 Å². The van der Waals surface area contributed by atoms with Gasteiger partial charge in [0, 0.05) is 0 Å². The molecule has 0 aromatic carbocycles. The molecule has 41 valence electrons. The zero-order chi connectivity index (χ0) is 5.70. The van der Waals surface area contributed by atoms with Gasteiger partial charge in [-0.25, -0.2) is 0 Å². The Labute approximate surface area is 49.5 Å². The molecule has 0 unspecified atom stereocenters. The van der Waals surface area contributed by atoms with Crippen molar-refractivity contribution in [1.29, 1.82) is 0 Å². The normalized spacial score (nSPS) is 13.4. The first-order valence-corrected chi connectivity index (χ1v) is 2.88. The second kappa shape index (κ2) is 4.19. The molecule has 0 spiro atoms. The smallest absolute Gasteiger partial charge is 0.212 e. The highest BCUT2D eigenvalue weighted by Gasteiger charge is 1.96. The zero-order valence-electron chi connectivity index (χ0n) is 4.35. The summed E-state index contributed by atoms with van der Waals surface area (Å²) in [5.74, 6) is 0. The third kappa shape index (κ3) is 3.86. The van der Waals surface area contributed by atoms with Crippen LogP contribution in [-0.4, -0.2) is 11.5 Å². The molecule has 0 saturated carbocycles. The number of hydrogen-bond acceptors (Lipinski definition) is 2. The van der Waals surface area contributed by atoms with E-state index in [9.17, 15) is 4.79 Å². The van der Waals surface area contributed by atoms with Gasteiger partial charge >= 0.3 is 0 Å². The number of thiol groups is 1. The average Bonchev–Trinajstić information content (AvgIpc) is 1.68. The highest BCUT2D eigenvalue weighted by atomic mass is 32.1. The highest BCUT2D eigenvalue weighted by Crippen LogP contribution is 1.98. The lowest BCUT2D eigenvalue weighted by Gasteiger charge is -1.92. The molecule has 7 heavy (non-hydrogen) atoms. The molecule has 0 fully saturated rings. The zero-order valence-corrected chi connectivity index (χ0v) is 5.24. The Morgan fingerprint density at radius 1 is 1.86 bits per heavy atom. The number of carbonyl (C=O) groups excluding carboxylic acids is 1. The van der Waals surface area contributed by atoms with Crippen molar-refractivity contribution in [2.24, 2.45) is 0 Å². The average molecular weight is 117 g/mol. The first-order chi connectivity index (χ1) is 3.31. The fraction of sp³-hybridized carbons (Fsp3) is 0.800. The molecule has 0 aromatic heterocycles. The highest BCUT2D eigenvalue weighted by molar-refractivity contribution is 7.81. The van der Waals surface area contributed by atoms with E-state index in [1.54, 1.807) is 6.29 Å². The fourth-order valence-corrected chi connectivity index (χ4v) is 0.591. The van der Waals surface area contributed by atoms with Crippen LogP contribution in [0.5, 0.6) is 0 Å². The van der Waals surface area contributed by atoms with Crippen molar-refractivity contribution in [3.63, 3.8) is 0 Å². The standard InChI is InChI=1S/C5H9OS/c1-2-3-5(7)4-6/h5,7H,2-3H2,1H3/t5-/m0/s1. The Morgan fingerprint density at radius 3 is 2.57 bits per heavy atom. The van der Waals surface area contributed by atoms with Crippen LogP contribution in [0.2, 0.25) is 0 Å². The van der Waals surface area contributed by atoms with Crippen molar-refractivity contribution >= 4 is 18.9 Å². The Hall–Kier alpha value is 0.0200. The van der Waals surface area contributed by atoms with Gasteiger partial charge < -0.3 is 0 Å². The predicted octanol–water partition coefficient (Wildman–Crippen LogP) is 1.19. The van der Waals surface area contributed by atoms with Crippen molar-refractivity contribution in [2.45, 2.75) is 25.0 Å². The van der Waals surface area contributed by atoms with Crippen molar-refractivity contribution in [1.82, 2.24) is 0 Å². The summed E-state index contributed by atoms with van der Waals surface area (Å²) in [6, 6.07) is 0. The van der Waals surface area contributed by atoms with E-state index in [0.29, 0.717) is 0 Å². The summed E-state index contributed by atoms with van der Waals surface area (Å²) in [6.07, 6.45) is 3.62. The second-order valence-corrected chi connectivity index (χ2v) is 2.05. The molecular weight excluding hydrogens is 108 g/mol. The van der Waals surface area contributed by atoms with Gasteiger partial charge in [0.05, 0.1) is 5.25 Å². The van der Waals surface area contributed by atoms with Crippen LogP contribution in [0.4, 0.5) is 0 Å². The summed E-state index contributed by atoms with van der Waals surface area (Å²) in [5, 5.41) is -0.162. The molecule has 0 aromatic rings. The van der Waals surface area contributed by atoms with E-state index in [1.807, 2.05) is 6.92 Å². The number of hydrogen-bond donors (Lipinski definition) is 1. The summed E-state index contributed by atoms with van der Waals surface area (Å²) in [5.41, 5.74) is 0. The second-order valence-electron chi connectivity index (χ2n) is 1.42. The maximum Gasteiger partial charge on any atom is 0.212 e. The fourth-order valence-electron chi connectivity index (χ4n) is 0.332. The largest absolute Gasteiger partial charge is 0.290 e. The van der Waals surface area contributed by atoms with Gasteiger partial charge in [-0.2, -0.15) is 12.6 Å². The van der Waals surface area contributed by atoms with Crippen LogP contribution in [0.1, 0.15) is 19.8 Å². The monoisotopic (exact) mass is 117 g/mol. The molecule has 0 saturated heterocycles. The van der Waals surface area contributed by atoms with E-state index >= 15 is 0 Å². The third-order valence-electron chi connectivity index (χ3n) is 0.698. The summed E-state index contributed by atoms with van der Waals surface area (Å²) in [6.45, 7) is 2.01. The molecule has 0 N–H and O–H groups in total. The Kier molecular flexibility index (Phi) is 4.20. The van der Waals surface area contributed by atoms with Gasteiger partial charge in [-0.1, -0.05) is 13.3 Å². The lowest BCUT2D eigenvalue weighted by Crippen LogP contribution is -1.96. The first kappa shape index (κ1) is 7.02. The molecule has 0 aliphatic rings. The molecule has 1 radical (unpaired) electrons. The van der Waals surface area contributed by atoms with E-state index < -0.39 is 0 Å². The quantitative estimate of drug-likeness (QED) is 0.549. The van der Waals surface area contributed by atoms with Gasteiger partial charge in [-0.05, 0) is 6.42 Å². The van der Waals surface area contributed by atoms with E-state index in [4.69, 9.17) is 0 Å². The maximum atomic E-state index is 9.69. The van der Waals surface area contributed by atoms with E-state index in [2.05, 4.69) is 12.6 Å². The molecule has 0 rings (SSSR count). The van der Waals surface area contributed by atoms with Crippen LogP contribution in [0.15, 0.2) is 0 Å². The summed E-state index contributed by atoms with van der Waals surface area (Å²) < 4.78 is 0. The molecule has 1 nitrogen and oxygen atoms in total. The predicted molar refractivity (Wildman–Crippen MR) is 33.4 cm³/mol. The van der Waals surface area contributed by atoms with Gasteiger partial charge in [0.15, 0.2) is 0 Å². The van der Waals surface area contributed by atoms with E-state index in [0.717, 1.165) is 12.8 Å². The van der Waals surface area contributed by atoms with Gasteiger partial charge in [0.1, 0.15) is 0 Å². The minimum absolute atomic E-state index is 0.162. The van der Waals surface area contributed by atoms with Crippen LogP contribution in [0.25, 0.3) is 0 Å². The Bertz CT molecular complexity index is 54.0. The van der Waals surface area contributed by atoms with Crippen molar-refractivity contribution in [3.8, 4) is 0 Å². The van der Waals surface area contributed by atoms with E-state index in [1.165, 1.54) is 0 Å². The van der Waals surface area contributed by atoms with Crippen LogP contribution >= 0.6 is 12.6 Å². The van der Waals surface area contributed by atoms with Crippen molar-refractivity contribution < 1.29 is 4.79 Å². The van der Waals surface area contributed by atoms with Crippen LogP contribution in [0.3, 0.4) is 0 Å². The number of rotatable bonds is 3. The Balaban J connectivity index is 2.98. The minimum Gasteiger partial charge on any atom is -0.290 e. The molecule has 0 aliphatic carbocycles. The Morgan fingerprint density at radius 2 is 2.43 bits per heavy atom. The lowest BCUT2D eigenvalue weighted by atomic mass is 10.3.